The number of benzene rings is 2. The molecular formula is C22H20ClNO4. The van der Waals surface area contributed by atoms with E-state index in [1.54, 1.807) is 62.4 Å². The number of nitrogens with one attached hydrogen (secondary N) is 1. The van der Waals surface area contributed by atoms with Crippen molar-refractivity contribution in [3.8, 4) is 0 Å². The number of aryl methyl sites for hydroxylation is 3. The number of carbonyl (C=O) groups is 2. The van der Waals surface area contributed by atoms with Gasteiger partial charge in [-0.25, -0.2) is 4.79 Å². The molecule has 0 aliphatic carbocycles. The first-order valence-electron chi connectivity index (χ1n) is 8.75. The van der Waals surface area contributed by atoms with Crippen LogP contribution in [0, 0.1) is 20.8 Å². The Morgan fingerprint density at radius 1 is 1.04 bits per heavy atom. The van der Waals surface area contributed by atoms with Gasteiger partial charge >= 0.3 is 5.97 Å². The molecule has 3 aromatic rings. The van der Waals surface area contributed by atoms with E-state index in [9.17, 15) is 9.59 Å². The van der Waals surface area contributed by atoms with Gasteiger partial charge in [-0.15, -0.1) is 0 Å². The molecule has 3 rings (SSSR count). The van der Waals surface area contributed by atoms with Gasteiger partial charge in [0.1, 0.15) is 17.1 Å². The summed E-state index contributed by atoms with van der Waals surface area (Å²) in [5.74, 6) is -0.0582. The largest absolute Gasteiger partial charge is 0.466 e. The zero-order valence-corrected chi connectivity index (χ0v) is 16.5. The number of carbonyl (C=O) groups excluding carboxylic acids is 2. The summed E-state index contributed by atoms with van der Waals surface area (Å²) in [6.45, 7) is 5.29. The van der Waals surface area contributed by atoms with E-state index in [-0.39, 0.29) is 0 Å². The molecule has 0 aliphatic rings. The van der Waals surface area contributed by atoms with Crippen LogP contribution in [0.15, 0.2) is 59.0 Å². The summed E-state index contributed by atoms with van der Waals surface area (Å²) in [4.78, 5) is 25.5. The summed E-state index contributed by atoms with van der Waals surface area (Å²) in [7, 11) is 0. The van der Waals surface area contributed by atoms with Crippen molar-refractivity contribution >= 4 is 29.2 Å². The number of hydrogen-bond donors (Lipinski definition) is 1. The van der Waals surface area contributed by atoms with Gasteiger partial charge < -0.3 is 14.5 Å². The average molecular weight is 398 g/mol. The van der Waals surface area contributed by atoms with Gasteiger partial charge in [0.2, 0.25) is 6.10 Å². The summed E-state index contributed by atoms with van der Waals surface area (Å²) in [6.07, 6.45) is -1.12. The lowest BCUT2D eigenvalue weighted by atomic mass is 10.1. The number of furan rings is 1. The van der Waals surface area contributed by atoms with Crippen molar-refractivity contribution in [1.82, 2.24) is 0 Å². The molecule has 144 valence electrons. The van der Waals surface area contributed by atoms with Crippen molar-refractivity contribution in [2.45, 2.75) is 26.9 Å². The minimum atomic E-state index is -1.12. The van der Waals surface area contributed by atoms with Crippen molar-refractivity contribution in [3.05, 3.63) is 87.8 Å². The van der Waals surface area contributed by atoms with Crippen molar-refractivity contribution < 1.29 is 18.7 Å². The Labute approximate surface area is 168 Å². The first kappa shape index (κ1) is 19.7. The summed E-state index contributed by atoms with van der Waals surface area (Å²) < 4.78 is 10.9. The van der Waals surface area contributed by atoms with Crippen molar-refractivity contribution in [2.24, 2.45) is 0 Å². The van der Waals surface area contributed by atoms with Crippen LogP contribution >= 0.6 is 11.6 Å². The third-order valence-corrected chi connectivity index (χ3v) is 4.67. The Bertz CT molecular complexity index is 1010. The fourth-order valence-corrected chi connectivity index (χ4v) is 2.96. The maximum Gasteiger partial charge on any atom is 0.342 e. The summed E-state index contributed by atoms with van der Waals surface area (Å²) in [6, 6.07) is 15.6. The number of ether oxygens (including phenoxy) is 1. The first-order chi connectivity index (χ1) is 13.3. The molecule has 28 heavy (non-hydrogen) atoms. The highest BCUT2D eigenvalue weighted by molar-refractivity contribution is 6.31. The Balaban J connectivity index is 1.86. The molecule has 0 aliphatic heterocycles. The highest BCUT2D eigenvalue weighted by Crippen LogP contribution is 2.25. The smallest absolute Gasteiger partial charge is 0.342 e. The lowest BCUT2D eigenvalue weighted by Crippen LogP contribution is -2.26. The summed E-state index contributed by atoms with van der Waals surface area (Å²) in [5, 5.41) is 3.30. The number of hydrogen-bond acceptors (Lipinski definition) is 4. The Morgan fingerprint density at radius 3 is 2.36 bits per heavy atom. The normalized spacial score (nSPS) is 11.7. The molecule has 1 atom stereocenters. The average Bonchev–Trinajstić information content (AvgIpc) is 3.01. The fraction of sp³-hybridized carbons (Fsp3) is 0.182. The van der Waals surface area contributed by atoms with E-state index < -0.39 is 18.0 Å². The van der Waals surface area contributed by atoms with Crippen LogP contribution in [0.4, 0.5) is 5.69 Å². The van der Waals surface area contributed by atoms with Crippen LogP contribution in [-0.2, 0) is 9.53 Å². The van der Waals surface area contributed by atoms with E-state index in [0.717, 1.165) is 5.56 Å². The van der Waals surface area contributed by atoms with Gasteiger partial charge in [-0.1, -0.05) is 48.0 Å². The predicted molar refractivity (Wildman–Crippen MR) is 108 cm³/mol. The van der Waals surface area contributed by atoms with Crippen molar-refractivity contribution in [1.29, 1.82) is 0 Å². The van der Waals surface area contributed by atoms with Crippen LogP contribution in [0.2, 0.25) is 5.02 Å². The van der Waals surface area contributed by atoms with Gasteiger partial charge in [0, 0.05) is 16.3 Å². The monoisotopic (exact) mass is 397 g/mol. The zero-order valence-electron chi connectivity index (χ0n) is 15.8. The minimum absolute atomic E-state index is 0.296. The molecule has 0 saturated heterocycles. The molecule has 6 heteroatoms. The van der Waals surface area contributed by atoms with E-state index in [0.29, 0.717) is 33.4 Å². The lowest BCUT2D eigenvalue weighted by molar-refractivity contribution is -0.125. The zero-order chi connectivity index (χ0) is 20.3. The molecule has 0 unspecified atom stereocenters. The number of amides is 1. The molecule has 2 aromatic carbocycles. The second kappa shape index (κ2) is 8.31. The number of esters is 1. The quantitative estimate of drug-likeness (QED) is 0.585. The van der Waals surface area contributed by atoms with Gasteiger partial charge in [-0.05, 0) is 44.5 Å². The third kappa shape index (κ3) is 4.43. The maximum absolute atomic E-state index is 12.9. The number of anilines is 1. The first-order valence-corrected chi connectivity index (χ1v) is 9.13. The highest BCUT2D eigenvalue weighted by atomic mass is 35.5. The topological polar surface area (TPSA) is 68.5 Å². The Kier molecular flexibility index (Phi) is 5.85. The van der Waals surface area contributed by atoms with Crippen LogP contribution < -0.4 is 5.32 Å². The minimum Gasteiger partial charge on any atom is -0.466 e. The van der Waals surface area contributed by atoms with Crippen LogP contribution in [-0.4, -0.2) is 11.9 Å². The second-order valence-corrected chi connectivity index (χ2v) is 6.88. The fourth-order valence-electron chi connectivity index (χ4n) is 2.78. The molecule has 0 fully saturated rings. The predicted octanol–water partition coefficient (Wildman–Crippen LogP) is 5.40. The molecule has 5 nitrogen and oxygen atoms in total. The lowest BCUT2D eigenvalue weighted by Gasteiger charge is -2.18. The third-order valence-electron chi connectivity index (χ3n) is 4.27. The van der Waals surface area contributed by atoms with Crippen LogP contribution in [0.1, 0.15) is 39.1 Å². The molecule has 0 bridgehead atoms. The molecule has 0 spiro atoms. The van der Waals surface area contributed by atoms with Crippen LogP contribution in [0.3, 0.4) is 0 Å². The maximum atomic E-state index is 12.9. The van der Waals surface area contributed by atoms with E-state index >= 15 is 0 Å². The molecule has 0 saturated carbocycles. The number of rotatable bonds is 5. The molecule has 0 radical (unpaired) electrons. The van der Waals surface area contributed by atoms with E-state index in [2.05, 4.69) is 5.32 Å². The van der Waals surface area contributed by atoms with Crippen LogP contribution in [0.25, 0.3) is 0 Å². The molecule has 1 N–H and O–H groups in total. The van der Waals surface area contributed by atoms with Gasteiger partial charge in [0.05, 0.1) is 0 Å². The molecule has 1 amide bonds. The van der Waals surface area contributed by atoms with Gasteiger partial charge in [-0.2, -0.15) is 0 Å². The second-order valence-electron chi connectivity index (χ2n) is 6.48. The van der Waals surface area contributed by atoms with Crippen LogP contribution in [0.5, 0.6) is 0 Å². The Morgan fingerprint density at radius 2 is 1.75 bits per heavy atom. The van der Waals surface area contributed by atoms with Gasteiger partial charge in [-0.3, -0.25) is 4.79 Å². The van der Waals surface area contributed by atoms with Crippen molar-refractivity contribution in [2.75, 3.05) is 5.32 Å². The number of halogens is 1. The van der Waals surface area contributed by atoms with E-state index in [1.165, 1.54) is 0 Å². The van der Waals surface area contributed by atoms with E-state index in [4.69, 9.17) is 20.8 Å². The highest BCUT2D eigenvalue weighted by Gasteiger charge is 2.27. The summed E-state index contributed by atoms with van der Waals surface area (Å²) in [5.41, 5.74) is 2.28. The van der Waals surface area contributed by atoms with Gasteiger partial charge in [0.15, 0.2) is 0 Å². The SMILES string of the molecule is Cc1cc(C(=O)O[C@@H](C(=O)Nc2ccc(C)c(Cl)c2)c2ccccc2)c(C)o1. The molecular weight excluding hydrogens is 378 g/mol. The summed E-state index contributed by atoms with van der Waals surface area (Å²) >= 11 is 6.13. The van der Waals surface area contributed by atoms with Crippen molar-refractivity contribution in [3.63, 3.8) is 0 Å². The Hall–Kier alpha value is -3.05. The van der Waals surface area contributed by atoms with Gasteiger partial charge in [0.25, 0.3) is 5.91 Å². The molecule has 1 aromatic heterocycles. The molecule has 1 heterocycles. The van der Waals surface area contributed by atoms with E-state index in [1.807, 2.05) is 13.0 Å². The standard InChI is InChI=1S/C22H20ClNO4/c1-13-9-10-17(12-19(13)23)24-21(25)20(16-7-5-4-6-8-16)28-22(26)18-11-14(2)27-15(18)3/h4-12,20H,1-3H3,(H,24,25)/t20-/m1/s1.